The summed E-state index contributed by atoms with van der Waals surface area (Å²) in [5, 5.41) is -0.123. The van der Waals surface area contributed by atoms with Crippen LogP contribution >= 0.6 is 0 Å². The second-order valence-corrected chi connectivity index (χ2v) is 6.28. The van der Waals surface area contributed by atoms with Gasteiger partial charge in [0.05, 0.1) is 14.3 Å². The highest BCUT2D eigenvalue weighted by atomic mass is 14.2. The Morgan fingerprint density at radius 2 is 1.17 bits per heavy atom. The van der Waals surface area contributed by atoms with Gasteiger partial charge in [-0.3, -0.25) is 0 Å². The summed E-state index contributed by atoms with van der Waals surface area (Å²) >= 11 is 0. The Morgan fingerprint density at radius 3 is 1.79 bits per heavy atom. The Labute approximate surface area is 153 Å². The van der Waals surface area contributed by atoms with Crippen LogP contribution in [-0.2, 0) is 5.21 Å². The van der Waals surface area contributed by atoms with E-state index < -0.39 is 0 Å². The second-order valence-electron chi connectivity index (χ2n) is 6.28. The van der Waals surface area contributed by atoms with Crippen molar-refractivity contribution in [2.75, 3.05) is 0 Å². The molecule has 2 fully saturated rings. The van der Waals surface area contributed by atoms with Gasteiger partial charge in [0.1, 0.15) is 0 Å². The standard InChI is InChI=1S/C14H10B10/c1-2-4-10(5-3-1)11-6-8-12(9-7-11)14-13(15-19-23-21-17-14)16-20-24-22-18-14/h1-9,13H. The maximum Gasteiger partial charge on any atom is 0.0556 e. The second kappa shape index (κ2) is 7.54. The van der Waals surface area contributed by atoms with Crippen LogP contribution in [0.15, 0.2) is 54.6 Å². The van der Waals surface area contributed by atoms with E-state index in [9.17, 15) is 0 Å². The van der Waals surface area contributed by atoms with Gasteiger partial charge in [-0.2, -0.15) is 0 Å². The lowest BCUT2D eigenvalue weighted by molar-refractivity contribution is 0.904. The van der Waals surface area contributed by atoms with Crippen LogP contribution in [-0.4, -0.2) is 71.0 Å². The van der Waals surface area contributed by atoms with Crippen molar-refractivity contribution in [3.05, 3.63) is 60.2 Å². The first-order valence-electron chi connectivity index (χ1n) is 8.43. The summed E-state index contributed by atoms with van der Waals surface area (Å²) in [6, 6.07) is 19.5. The molecular weight excluding hydrogens is 276 g/mol. The molecule has 0 atom stereocenters. The van der Waals surface area contributed by atoms with Crippen LogP contribution in [0, 0.1) is 0 Å². The average molecular weight is 286 g/mol. The summed E-state index contributed by atoms with van der Waals surface area (Å²) in [6.45, 7) is 0. The molecule has 24 heavy (non-hydrogen) atoms. The van der Waals surface area contributed by atoms with Crippen molar-refractivity contribution < 1.29 is 0 Å². The highest BCUT2D eigenvalue weighted by Gasteiger charge is 2.40. The highest BCUT2D eigenvalue weighted by molar-refractivity contribution is 7.61. The highest BCUT2D eigenvalue weighted by Crippen LogP contribution is 2.35. The van der Waals surface area contributed by atoms with Crippen molar-refractivity contribution in [1.29, 1.82) is 0 Å². The number of hydrogen-bond acceptors (Lipinski definition) is 0. The van der Waals surface area contributed by atoms with Gasteiger partial charge in [0.15, 0.2) is 0 Å². The molecule has 0 nitrogen and oxygen atoms in total. The lowest BCUT2D eigenvalue weighted by Gasteiger charge is -2.41. The predicted octanol–water partition coefficient (Wildman–Crippen LogP) is -0.358. The molecule has 0 saturated carbocycles. The van der Waals surface area contributed by atoms with Gasteiger partial charge in [-0.25, -0.2) is 0 Å². The summed E-state index contributed by atoms with van der Waals surface area (Å²) in [5.74, 6) is 0. The summed E-state index contributed by atoms with van der Waals surface area (Å²) in [4.78, 5) is 0. The van der Waals surface area contributed by atoms with Crippen LogP contribution < -0.4 is 0 Å². The Morgan fingerprint density at radius 1 is 0.583 bits per heavy atom. The van der Waals surface area contributed by atoms with Gasteiger partial charge in [0, 0.05) is 56.7 Å². The molecule has 2 aliphatic heterocycles. The quantitative estimate of drug-likeness (QED) is 0.662. The van der Waals surface area contributed by atoms with Gasteiger partial charge in [-0.1, -0.05) is 65.4 Å². The molecule has 0 spiro atoms. The van der Waals surface area contributed by atoms with E-state index in [-0.39, 0.29) is 5.21 Å². The fourth-order valence-electron chi connectivity index (χ4n) is 3.55. The molecule has 2 heterocycles. The van der Waals surface area contributed by atoms with Gasteiger partial charge < -0.3 is 0 Å². The van der Waals surface area contributed by atoms with E-state index >= 15 is 0 Å². The zero-order valence-corrected chi connectivity index (χ0v) is 13.5. The van der Waals surface area contributed by atoms with Crippen molar-refractivity contribution in [3.8, 4) is 11.1 Å². The zero-order chi connectivity index (χ0) is 16.2. The molecule has 0 aliphatic carbocycles. The van der Waals surface area contributed by atoms with Crippen molar-refractivity contribution in [3.63, 3.8) is 0 Å². The van der Waals surface area contributed by atoms with Crippen molar-refractivity contribution in [2.24, 2.45) is 0 Å². The maximum absolute atomic E-state index is 2.31. The molecule has 2 aromatic carbocycles. The fourth-order valence-corrected chi connectivity index (χ4v) is 3.55. The minimum absolute atomic E-state index is 0.123. The zero-order valence-electron chi connectivity index (χ0n) is 13.5. The summed E-state index contributed by atoms with van der Waals surface area (Å²) in [6.07, 6.45) is 0. The third-order valence-electron chi connectivity index (χ3n) is 4.87. The van der Waals surface area contributed by atoms with E-state index in [2.05, 4.69) is 126 Å². The Bertz CT molecular complexity index is 647. The number of hydrogen-bond donors (Lipinski definition) is 0. The number of fused-ring (bicyclic) bond motifs is 1. The summed E-state index contributed by atoms with van der Waals surface area (Å²) < 4.78 is 0. The molecule has 10 radical (unpaired) electrons. The summed E-state index contributed by atoms with van der Waals surface area (Å²) in [7, 11) is 22.0. The SMILES string of the molecule is [B]1[B][B]C2[B][B][B][B][B]C2(c2ccc(-c3ccccc3)cc2)[B][B]1. The first-order valence-corrected chi connectivity index (χ1v) is 8.43. The molecule has 2 aliphatic rings. The third-order valence-corrected chi connectivity index (χ3v) is 4.87. The topological polar surface area (TPSA) is 0 Å². The first kappa shape index (κ1) is 16.6. The average Bonchev–Trinajstić information content (AvgIpc) is 2.97. The van der Waals surface area contributed by atoms with Gasteiger partial charge in [0.25, 0.3) is 0 Å². The van der Waals surface area contributed by atoms with E-state index in [1.807, 2.05) is 0 Å². The maximum atomic E-state index is 2.31. The lowest BCUT2D eigenvalue weighted by Crippen LogP contribution is -2.49. The molecule has 10 heteroatoms. The Kier molecular flexibility index (Phi) is 5.20. The van der Waals surface area contributed by atoms with Crippen LogP contribution in [0.2, 0.25) is 5.72 Å². The smallest absolute Gasteiger partial charge is 0.0556 e. The van der Waals surface area contributed by atoms with E-state index in [1.165, 1.54) is 16.7 Å². The molecule has 0 amide bonds. The molecule has 2 aromatic rings. The van der Waals surface area contributed by atoms with Crippen LogP contribution in [0.4, 0.5) is 0 Å². The van der Waals surface area contributed by atoms with Crippen LogP contribution in [0.5, 0.6) is 0 Å². The molecule has 2 saturated heterocycles. The van der Waals surface area contributed by atoms with Crippen molar-refractivity contribution in [1.82, 2.24) is 0 Å². The van der Waals surface area contributed by atoms with Crippen LogP contribution in [0.3, 0.4) is 0 Å². The van der Waals surface area contributed by atoms with Gasteiger partial charge in [-0.15, -0.1) is 5.72 Å². The molecule has 96 valence electrons. The molecule has 0 bridgehead atoms. The normalized spacial score (nSPS) is 24.4. The minimum Gasteiger partial charge on any atom is -0.117 e. The molecule has 0 N–H and O–H groups in total. The monoisotopic (exact) mass is 288 g/mol. The van der Waals surface area contributed by atoms with Gasteiger partial charge >= 0.3 is 0 Å². The van der Waals surface area contributed by atoms with E-state index in [1.54, 1.807) is 0 Å². The van der Waals surface area contributed by atoms with Gasteiger partial charge in [-0.05, 0) is 11.1 Å². The molecular formula is C14H10B10. The minimum atomic E-state index is -0.123. The van der Waals surface area contributed by atoms with Crippen molar-refractivity contribution >= 4 is 71.0 Å². The Balaban J connectivity index is 1.69. The van der Waals surface area contributed by atoms with E-state index in [0.717, 1.165) is 0 Å². The van der Waals surface area contributed by atoms with Crippen molar-refractivity contribution in [2.45, 2.75) is 10.9 Å². The van der Waals surface area contributed by atoms with Gasteiger partial charge in [0.2, 0.25) is 0 Å². The molecule has 4 rings (SSSR count). The predicted molar refractivity (Wildman–Crippen MR) is 115 cm³/mol. The van der Waals surface area contributed by atoms with E-state index in [0.29, 0.717) is 5.72 Å². The first-order chi connectivity index (χ1) is 11.9. The molecule has 0 unspecified atom stereocenters. The molecule has 0 aromatic heterocycles. The summed E-state index contributed by atoms with van der Waals surface area (Å²) in [5.41, 5.74) is 4.16. The lowest BCUT2D eigenvalue weighted by atomic mass is 8.97. The van der Waals surface area contributed by atoms with Crippen LogP contribution in [0.25, 0.3) is 11.1 Å². The fraction of sp³-hybridized carbons (Fsp3) is 0.143. The third kappa shape index (κ3) is 3.26. The van der Waals surface area contributed by atoms with Crippen LogP contribution in [0.1, 0.15) is 5.56 Å². The van der Waals surface area contributed by atoms with E-state index in [4.69, 9.17) is 0 Å². The number of benzene rings is 2. The number of rotatable bonds is 2. The largest absolute Gasteiger partial charge is 0.117 e. The Hall–Kier alpha value is -0.911.